The Kier molecular flexibility index (Phi) is 2.23. The lowest BCUT2D eigenvalue weighted by Crippen LogP contribution is -2.42. The van der Waals surface area contributed by atoms with Crippen LogP contribution < -0.4 is 5.73 Å². The molecule has 0 spiro atoms. The fourth-order valence-corrected chi connectivity index (χ4v) is 3.16. The van der Waals surface area contributed by atoms with Crippen molar-refractivity contribution in [3.8, 4) is 0 Å². The van der Waals surface area contributed by atoms with Gasteiger partial charge in [-0.15, -0.1) is 0 Å². The van der Waals surface area contributed by atoms with Crippen LogP contribution in [0.1, 0.15) is 32.1 Å². The van der Waals surface area contributed by atoms with E-state index in [-0.39, 0.29) is 0 Å². The third kappa shape index (κ3) is 1.57. The van der Waals surface area contributed by atoms with Gasteiger partial charge in [-0.2, -0.15) is 0 Å². The lowest BCUT2D eigenvalue weighted by molar-refractivity contribution is 0.220. The second-order valence-corrected chi connectivity index (χ2v) is 5.42. The van der Waals surface area contributed by atoms with Gasteiger partial charge in [0.05, 0.1) is 12.1 Å². The zero-order valence-corrected chi connectivity index (χ0v) is 9.52. The number of rotatable bonds is 2. The van der Waals surface area contributed by atoms with Gasteiger partial charge in [-0.3, -0.25) is 4.99 Å². The first-order valence-corrected chi connectivity index (χ1v) is 6.30. The predicted octanol–water partition coefficient (Wildman–Crippen LogP) is 1.24. The first kappa shape index (κ1) is 9.64. The summed E-state index contributed by atoms with van der Waals surface area (Å²) in [6, 6.07) is 1.26. The first-order chi connectivity index (χ1) is 7.29. The molecule has 3 nitrogen and oxygen atoms in total. The largest absolute Gasteiger partial charge is 0.358 e. The van der Waals surface area contributed by atoms with E-state index in [0.29, 0.717) is 12.1 Å². The highest BCUT2D eigenvalue weighted by Gasteiger charge is 2.42. The van der Waals surface area contributed by atoms with Crippen LogP contribution in [0, 0.1) is 11.8 Å². The van der Waals surface area contributed by atoms with Crippen LogP contribution in [0.2, 0.25) is 0 Å². The molecule has 0 aromatic heterocycles. The molecule has 1 heterocycles. The maximum Gasteiger partial charge on any atom is 0.102 e. The van der Waals surface area contributed by atoms with E-state index in [0.717, 1.165) is 18.4 Å². The molecule has 2 saturated carbocycles. The van der Waals surface area contributed by atoms with Crippen LogP contribution >= 0.6 is 0 Å². The van der Waals surface area contributed by atoms with E-state index >= 15 is 0 Å². The van der Waals surface area contributed by atoms with Crippen molar-refractivity contribution in [3.63, 3.8) is 0 Å². The molecule has 0 aromatic carbocycles. The quantitative estimate of drug-likeness (QED) is 0.740. The summed E-state index contributed by atoms with van der Waals surface area (Å²) in [4.78, 5) is 7.39. The lowest BCUT2D eigenvalue weighted by atomic mass is 9.83. The molecule has 1 aliphatic heterocycles. The Balaban J connectivity index is 1.73. The number of fused-ring (bicyclic) bond motifs is 1. The minimum Gasteiger partial charge on any atom is -0.358 e. The van der Waals surface area contributed by atoms with E-state index in [1.807, 2.05) is 0 Å². The monoisotopic (exact) mass is 207 g/mol. The van der Waals surface area contributed by atoms with Gasteiger partial charge in [-0.1, -0.05) is 0 Å². The van der Waals surface area contributed by atoms with E-state index in [2.05, 4.69) is 11.9 Å². The molecule has 2 N–H and O–H groups in total. The van der Waals surface area contributed by atoms with Crippen molar-refractivity contribution in [2.24, 2.45) is 22.6 Å². The molecular formula is C12H21N3. The molecule has 2 fully saturated rings. The fraction of sp³-hybridized carbons (Fsp3) is 0.917. The van der Waals surface area contributed by atoms with Crippen molar-refractivity contribution in [3.05, 3.63) is 0 Å². The van der Waals surface area contributed by atoms with Crippen molar-refractivity contribution >= 4 is 5.84 Å². The van der Waals surface area contributed by atoms with Gasteiger partial charge in [-0.25, -0.2) is 0 Å². The van der Waals surface area contributed by atoms with Gasteiger partial charge >= 0.3 is 0 Å². The van der Waals surface area contributed by atoms with Crippen LogP contribution in [0.5, 0.6) is 0 Å². The minimum absolute atomic E-state index is 0.591. The zero-order chi connectivity index (χ0) is 10.4. The van der Waals surface area contributed by atoms with Crippen molar-refractivity contribution < 1.29 is 0 Å². The van der Waals surface area contributed by atoms with Gasteiger partial charge in [0.1, 0.15) is 5.84 Å². The van der Waals surface area contributed by atoms with Gasteiger partial charge < -0.3 is 10.6 Å². The standard InChI is InChI=1S/C12H21N3/c1-15-11-6-8(7-13)2-5-10(11)14-12(15)9-3-4-9/h8-11H,2-7,13H2,1H3. The molecular weight excluding hydrogens is 186 g/mol. The van der Waals surface area contributed by atoms with E-state index < -0.39 is 0 Å². The van der Waals surface area contributed by atoms with Gasteiger partial charge in [0, 0.05) is 13.0 Å². The summed E-state index contributed by atoms with van der Waals surface area (Å²) >= 11 is 0. The molecule has 3 atom stereocenters. The van der Waals surface area contributed by atoms with Crippen molar-refractivity contribution in [1.82, 2.24) is 4.90 Å². The van der Waals surface area contributed by atoms with Crippen molar-refractivity contribution in [2.45, 2.75) is 44.2 Å². The molecule has 0 aromatic rings. The molecule has 2 aliphatic carbocycles. The SMILES string of the molecule is CN1C(C2CC2)=NC2CCC(CN)CC21. The Morgan fingerprint density at radius 1 is 1.33 bits per heavy atom. The van der Waals surface area contributed by atoms with Crippen LogP contribution in [0.25, 0.3) is 0 Å². The summed E-state index contributed by atoms with van der Waals surface area (Å²) < 4.78 is 0. The van der Waals surface area contributed by atoms with Gasteiger partial charge in [0.25, 0.3) is 0 Å². The highest BCUT2D eigenvalue weighted by Crippen LogP contribution is 2.40. The second kappa shape index (κ2) is 3.48. The number of nitrogens with two attached hydrogens (primary N) is 1. The average Bonchev–Trinajstić information content (AvgIpc) is 3.05. The number of aliphatic imine (C=N–C) groups is 1. The molecule has 3 unspecified atom stereocenters. The molecule has 0 bridgehead atoms. The van der Waals surface area contributed by atoms with E-state index in [1.54, 1.807) is 0 Å². The summed E-state index contributed by atoms with van der Waals surface area (Å²) in [5, 5.41) is 0. The van der Waals surface area contributed by atoms with E-state index in [1.165, 1.54) is 37.9 Å². The normalized spacial score (nSPS) is 40.3. The van der Waals surface area contributed by atoms with Gasteiger partial charge in [-0.05, 0) is 44.6 Å². The molecule has 3 rings (SSSR count). The lowest BCUT2D eigenvalue weighted by Gasteiger charge is -2.34. The van der Waals surface area contributed by atoms with Crippen LogP contribution in [0.4, 0.5) is 0 Å². The minimum atomic E-state index is 0.591. The van der Waals surface area contributed by atoms with Crippen LogP contribution in [-0.4, -0.2) is 36.4 Å². The number of hydrogen-bond acceptors (Lipinski definition) is 3. The first-order valence-electron chi connectivity index (χ1n) is 6.30. The topological polar surface area (TPSA) is 41.6 Å². The Hall–Kier alpha value is -0.570. The number of amidine groups is 1. The van der Waals surface area contributed by atoms with Crippen LogP contribution in [0.3, 0.4) is 0 Å². The number of hydrogen-bond donors (Lipinski definition) is 1. The number of likely N-dealkylation sites (N-methyl/N-ethyl adjacent to an activating group) is 1. The summed E-state index contributed by atoms with van der Waals surface area (Å²) in [7, 11) is 2.24. The maximum atomic E-state index is 5.78. The number of nitrogens with zero attached hydrogens (tertiary/aromatic N) is 2. The van der Waals surface area contributed by atoms with E-state index in [9.17, 15) is 0 Å². The second-order valence-electron chi connectivity index (χ2n) is 5.42. The summed E-state index contributed by atoms with van der Waals surface area (Å²) in [6.07, 6.45) is 6.53. The summed E-state index contributed by atoms with van der Waals surface area (Å²) in [6.45, 7) is 0.857. The Bertz CT molecular complexity index is 283. The highest BCUT2D eigenvalue weighted by atomic mass is 15.3. The third-order valence-electron chi connectivity index (χ3n) is 4.32. The van der Waals surface area contributed by atoms with Crippen molar-refractivity contribution in [1.29, 1.82) is 0 Å². The average molecular weight is 207 g/mol. The van der Waals surface area contributed by atoms with Gasteiger partial charge in [0.2, 0.25) is 0 Å². The van der Waals surface area contributed by atoms with Gasteiger partial charge in [0.15, 0.2) is 0 Å². The van der Waals surface area contributed by atoms with Crippen LogP contribution in [0.15, 0.2) is 4.99 Å². The third-order valence-corrected chi connectivity index (χ3v) is 4.32. The summed E-state index contributed by atoms with van der Waals surface area (Å²) in [5.41, 5.74) is 5.78. The molecule has 3 heteroatoms. The Morgan fingerprint density at radius 3 is 2.80 bits per heavy atom. The summed E-state index contributed by atoms with van der Waals surface area (Å²) in [5.74, 6) is 2.95. The molecule has 84 valence electrons. The maximum absolute atomic E-state index is 5.78. The Labute approximate surface area is 91.7 Å². The fourth-order valence-electron chi connectivity index (χ4n) is 3.16. The Morgan fingerprint density at radius 2 is 2.13 bits per heavy atom. The molecule has 3 aliphatic rings. The smallest absolute Gasteiger partial charge is 0.102 e. The molecule has 15 heavy (non-hydrogen) atoms. The molecule has 0 amide bonds. The van der Waals surface area contributed by atoms with Crippen LogP contribution in [-0.2, 0) is 0 Å². The zero-order valence-electron chi connectivity index (χ0n) is 9.52. The molecule has 0 radical (unpaired) electrons. The predicted molar refractivity (Wildman–Crippen MR) is 61.9 cm³/mol. The highest BCUT2D eigenvalue weighted by molar-refractivity contribution is 5.88. The van der Waals surface area contributed by atoms with Crippen molar-refractivity contribution in [2.75, 3.05) is 13.6 Å². The van der Waals surface area contributed by atoms with E-state index in [4.69, 9.17) is 10.7 Å². The molecule has 0 saturated heterocycles.